The van der Waals surface area contributed by atoms with E-state index in [2.05, 4.69) is 44.7 Å². The van der Waals surface area contributed by atoms with E-state index in [-0.39, 0.29) is 11.8 Å². The Hall–Kier alpha value is -3.84. The maximum Gasteiger partial charge on any atom is 0.265 e. The highest BCUT2D eigenvalue weighted by atomic mass is 16.5. The quantitative estimate of drug-likeness (QED) is 0.514. The van der Waals surface area contributed by atoms with Gasteiger partial charge in [0.15, 0.2) is 6.10 Å². The van der Waals surface area contributed by atoms with Crippen molar-refractivity contribution in [2.24, 2.45) is 0 Å². The maximum absolute atomic E-state index is 12.3. The number of carbonyl (C=O) groups is 2. The van der Waals surface area contributed by atoms with Gasteiger partial charge in [0, 0.05) is 62.5 Å². The van der Waals surface area contributed by atoms with Gasteiger partial charge in [-0.15, -0.1) is 0 Å². The summed E-state index contributed by atoms with van der Waals surface area (Å²) in [4.78, 5) is 29.2. The first kappa shape index (κ1) is 24.8. The number of hydrogen-bond acceptors (Lipinski definition) is 5. The molecule has 2 amide bonds. The molecule has 1 unspecified atom stereocenters. The summed E-state index contributed by atoms with van der Waals surface area (Å²) in [6, 6.07) is 22.5. The topological polar surface area (TPSA) is 73.9 Å². The van der Waals surface area contributed by atoms with Gasteiger partial charge in [-0.05, 0) is 55.3 Å². The van der Waals surface area contributed by atoms with Crippen molar-refractivity contribution in [2.45, 2.75) is 32.9 Å². The van der Waals surface area contributed by atoms with Crippen LogP contribution in [0.1, 0.15) is 40.9 Å². The number of anilines is 2. The fraction of sp³-hybridized carbons (Fsp3) is 0.333. The van der Waals surface area contributed by atoms with E-state index in [0.29, 0.717) is 12.1 Å². The SMILES string of the molecule is CCNC(=O)c1ccc(N2CCN(Cc3cc(Cc4ccccc4)c4c(c3)NC(=O)C(C)O4)CC2)cc1. The van der Waals surface area contributed by atoms with Crippen LogP contribution in [0.5, 0.6) is 5.75 Å². The van der Waals surface area contributed by atoms with E-state index in [4.69, 9.17) is 4.74 Å². The number of carbonyl (C=O) groups excluding carboxylic acids is 2. The number of nitrogens with one attached hydrogen (secondary N) is 2. The lowest BCUT2D eigenvalue weighted by molar-refractivity contribution is -0.122. The smallest absolute Gasteiger partial charge is 0.265 e. The largest absolute Gasteiger partial charge is 0.478 e. The lowest BCUT2D eigenvalue weighted by atomic mass is 9.99. The van der Waals surface area contributed by atoms with Gasteiger partial charge >= 0.3 is 0 Å². The zero-order valence-electron chi connectivity index (χ0n) is 21.5. The molecule has 7 heteroatoms. The van der Waals surface area contributed by atoms with E-state index in [1.165, 1.54) is 11.1 Å². The van der Waals surface area contributed by atoms with Gasteiger partial charge in [0.05, 0.1) is 5.69 Å². The fourth-order valence-electron chi connectivity index (χ4n) is 5.00. The number of benzene rings is 3. The predicted molar refractivity (Wildman–Crippen MR) is 146 cm³/mol. The van der Waals surface area contributed by atoms with Crippen LogP contribution in [0.3, 0.4) is 0 Å². The standard InChI is InChI=1S/C30H34N4O3/c1-3-31-30(36)24-9-11-26(12-10-24)34-15-13-33(14-16-34)20-23-18-25(17-22-7-5-4-6-8-22)28-27(19-23)32-29(35)21(2)37-28/h4-12,18-19,21H,3,13-17,20H2,1-2H3,(H,31,36)(H,32,35). The maximum atomic E-state index is 12.3. The van der Waals surface area contributed by atoms with Gasteiger partial charge in [0.2, 0.25) is 0 Å². The molecule has 0 radical (unpaired) electrons. The van der Waals surface area contributed by atoms with E-state index in [9.17, 15) is 9.59 Å². The van der Waals surface area contributed by atoms with Crippen LogP contribution >= 0.6 is 0 Å². The van der Waals surface area contributed by atoms with E-state index in [0.717, 1.165) is 61.8 Å². The first-order valence-corrected chi connectivity index (χ1v) is 13.0. The molecule has 5 rings (SSSR count). The highest BCUT2D eigenvalue weighted by molar-refractivity contribution is 5.98. The number of nitrogens with zero attached hydrogens (tertiary/aromatic N) is 2. The molecule has 1 saturated heterocycles. The highest BCUT2D eigenvalue weighted by Gasteiger charge is 2.27. The Morgan fingerprint density at radius 3 is 2.43 bits per heavy atom. The second-order valence-electron chi connectivity index (χ2n) is 9.71. The molecule has 0 aliphatic carbocycles. The third-order valence-electron chi connectivity index (χ3n) is 7.00. The summed E-state index contributed by atoms with van der Waals surface area (Å²) in [6.45, 7) is 8.84. The summed E-state index contributed by atoms with van der Waals surface area (Å²) in [5.74, 6) is 0.634. The Labute approximate surface area is 218 Å². The average Bonchev–Trinajstić information content (AvgIpc) is 2.91. The number of amides is 2. The zero-order chi connectivity index (χ0) is 25.8. The van der Waals surface area contributed by atoms with Crippen LogP contribution in [0.15, 0.2) is 66.7 Å². The Kier molecular flexibility index (Phi) is 7.42. The normalized spacial score (nSPS) is 17.5. The lowest BCUT2D eigenvalue weighted by Crippen LogP contribution is -2.46. The molecule has 3 aromatic carbocycles. The Morgan fingerprint density at radius 1 is 1.00 bits per heavy atom. The van der Waals surface area contributed by atoms with Crippen molar-refractivity contribution in [3.05, 3.63) is 89.0 Å². The van der Waals surface area contributed by atoms with Gasteiger partial charge < -0.3 is 20.3 Å². The first-order chi connectivity index (χ1) is 18.0. The molecule has 3 aromatic rings. The van der Waals surface area contributed by atoms with Crippen LogP contribution in [-0.4, -0.2) is 55.5 Å². The van der Waals surface area contributed by atoms with Crippen LogP contribution in [0.25, 0.3) is 0 Å². The van der Waals surface area contributed by atoms with Crippen molar-refractivity contribution in [1.29, 1.82) is 0 Å². The summed E-state index contributed by atoms with van der Waals surface area (Å²) < 4.78 is 6.03. The van der Waals surface area contributed by atoms with Gasteiger partial charge in [-0.25, -0.2) is 0 Å². The van der Waals surface area contributed by atoms with Crippen LogP contribution in [-0.2, 0) is 17.8 Å². The van der Waals surface area contributed by atoms with Crippen LogP contribution < -0.4 is 20.3 Å². The van der Waals surface area contributed by atoms with Crippen molar-refractivity contribution in [3.63, 3.8) is 0 Å². The molecule has 1 fully saturated rings. The molecule has 2 aliphatic rings. The summed E-state index contributed by atoms with van der Waals surface area (Å²) in [6.07, 6.45) is 0.246. The molecular formula is C30H34N4O3. The molecule has 192 valence electrons. The molecule has 2 heterocycles. The Balaban J connectivity index is 1.27. The summed E-state index contributed by atoms with van der Waals surface area (Å²) >= 11 is 0. The summed E-state index contributed by atoms with van der Waals surface area (Å²) in [5.41, 5.74) is 6.06. The minimum atomic E-state index is -0.504. The molecular weight excluding hydrogens is 464 g/mol. The highest BCUT2D eigenvalue weighted by Crippen LogP contribution is 2.36. The number of fused-ring (bicyclic) bond motifs is 1. The fourth-order valence-corrected chi connectivity index (χ4v) is 5.00. The Bertz CT molecular complexity index is 1250. The molecule has 1 atom stereocenters. The van der Waals surface area contributed by atoms with Gasteiger partial charge in [0.25, 0.3) is 11.8 Å². The van der Waals surface area contributed by atoms with Crippen molar-refractivity contribution < 1.29 is 14.3 Å². The molecule has 0 bridgehead atoms. The van der Waals surface area contributed by atoms with E-state index in [1.807, 2.05) is 49.4 Å². The third-order valence-corrected chi connectivity index (χ3v) is 7.00. The predicted octanol–water partition coefficient (Wildman–Crippen LogP) is 4.07. The summed E-state index contributed by atoms with van der Waals surface area (Å²) in [7, 11) is 0. The van der Waals surface area contributed by atoms with E-state index < -0.39 is 6.10 Å². The molecule has 0 aromatic heterocycles. The second-order valence-corrected chi connectivity index (χ2v) is 9.71. The molecule has 7 nitrogen and oxygen atoms in total. The van der Waals surface area contributed by atoms with Crippen molar-refractivity contribution in [1.82, 2.24) is 10.2 Å². The molecule has 2 N–H and O–H groups in total. The molecule has 37 heavy (non-hydrogen) atoms. The monoisotopic (exact) mass is 498 g/mol. The van der Waals surface area contributed by atoms with Crippen LogP contribution in [0, 0.1) is 0 Å². The number of ether oxygens (including phenoxy) is 1. The molecule has 2 aliphatic heterocycles. The van der Waals surface area contributed by atoms with Gasteiger partial charge in [-0.3, -0.25) is 14.5 Å². The Morgan fingerprint density at radius 2 is 1.73 bits per heavy atom. The number of piperazine rings is 1. The van der Waals surface area contributed by atoms with Crippen LogP contribution in [0.4, 0.5) is 11.4 Å². The average molecular weight is 499 g/mol. The summed E-state index contributed by atoms with van der Waals surface area (Å²) in [5, 5.41) is 5.88. The lowest BCUT2D eigenvalue weighted by Gasteiger charge is -2.36. The number of hydrogen-bond donors (Lipinski definition) is 2. The first-order valence-electron chi connectivity index (χ1n) is 13.0. The van der Waals surface area contributed by atoms with Gasteiger partial charge in [-0.1, -0.05) is 36.4 Å². The van der Waals surface area contributed by atoms with Crippen molar-refractivity contribution >= 4 is 23.2 Å². The van der Waals surface area contributed by atoms with E-state index >= 15 is 0 Å². The second kappa shape index (κ2) is 11.0. The van der Waals surface area contributed by atoms with Gasteiger partial charge in [0.1, 0.15) is 5.75 Å². The molecule has 0 saturated carbocycles. The van der Waals surface area contributed by atoms with Crippen molar-refractivity contribution in [2.75, 3.05) is 42.9 Å². The zero-order valence-corrected chi connectivity index (χ0v) is 21.5. The minimum Gasteiger partial charge on any atom is -0.478 e. The van der Waals surface area contributed by atoms with Crippen molar-refractivity contribution in [3.8, 4) is 5.75 Å². The molecule has 0 spiro atoms. The third kappa shape index (κ3) is 5.78. The van der Waals surface area contributed by atoms with E-state index in [1.54, 1.807) is 6.92 Å². The number of rotatable bonds is 7. The van der Waals surface area contributed by atoms with Gasteiger partial charge in [-0.2, -0.15) is 0 Å². The minimum absolute atomic E-state index is 0.0356. The van der Waals surface area contributed by atoms with Crippen LogP contribution in [0.2, 0.25) is 0 Å².